The van der Waals surface area contributed by atoms with E-state index in [9.17, 15) is 22.8 Å². The van der Waals surface area contributed by atoms with Crippen molar-refractivity contribution in [3.05, 3.63) is 63.9 Å². The van der Waals surface area contributed by atoms with Gasteiger partial charge in [-0.1, -0.05) is 41.4 Å². The first-order valence-electron chi connectivity index (χ1n) is 9.52. The van der Waals surface area contributed by atoms with Crippen molar-refractivity contribution in [2.75, 3.05) is 6.54 Å². The SMILES string of the molecule is O=C(O)CN(Cc1ccc(Cl)c(Cl)c1)C(=O)CCCn1c(C(F)(F)F)nc2ccccc21. The molecule has 0 aliphatic carbocycles. The molecule has 1 heterocycles. The Morgan fingerprint density at radius 3 is 2.47 bits per heavy atom. The number of carbonyl (C=O) groups is 2. The van der Waals surface area contributed by atoms with E-state index in [0.717, 1.165) is 9.47 Å². The van der Waals surface area contributed by atoms with Crippen LogP contribution < -0.4 is 0 Å². The zero-order valence-corrected chi connectivity index (χ0v) is 18.1. The summed E-state index contributed by atoms with van der Waals surface area (Å²) >= 11 is 11.8. The number of para-hydroxylation sites is 2. The molecule has 0 aliphatic heterocycles. The Bertz CT molecular complexity index is 1150. The van der Waals surface area contributed by atoms with Gasteiger partial charge in [-0.25, -0.2) is 4.98 Å². The minimum absolute atomic E-state index is 0.0240. The third-order valence-electron chi connectivity index (χ3n) is 4.72. The third kappa shape index (κ3) is 5.72. The third-order valence-corrected chi connectivity index (χ3v) is 5.46. The molecule has 11 heteroatoms. The Hall–Kier alpha value is -2.78. The minimum Gasteiger partial charge on any atom is -0.480 e. The maximum atomic E-state index is 13.4. The molecule has 0 aliphatic rings. The lowest BCUT2D eigenvalue weighted by atomic mass is 10.2. The van der Waals surface area contributed by atoms with Crippen molar-refractivity contribution in [1.82, 2.24) is 14.5 Å². The molecule has 1 amide bonds. The lowest BCUT2D eigenvalue weighted by Gasteiger charge is -2.21. The van der Waals surface area contributed by atoms with Gasteiger partial charge in [-0.05, 0) is 36.2 Å². The summed E-state index contributed by atoms with van der Waals surface area (Å²) in [5, 5.41) is 9.73. The number of benzene rings is 2. The normalized spacial score (nSPS) is 11.7. The zero-order valence-electron chi connectivity index (χ0n) is 16.6. The molecule has 2 aromatic carbocycles. The number of carbonyl (C=O) groups excluding carboxylic acids is 1. The Morgan fingerprint density at radius 1 is 1.09 bits per heavy atom. The number of carboxylic acid groups (broad SMARTS) is 1. The van der Waals surface area contributed by atoms with E-state index in [-0.39, 0.29) is 36.5 Å². The van der Waals surface area contributed by atoms with E-state index in [1.54, 1.807) is 18.2 Å². The Kier molecular flexibility index (Phi) is 7.30. The van der Waals surface area contributed by atoms with Gasteiger partial charge in [-0.2, -0.15) is 13.2 Å². The number of imidazole rings is 1. The summed E-state index contributed by atoms with van der Waals surface area (Å²) in [4.78, 5) is 28.7. The molecule has 0 unspecified atom stereocenters. The first kappa shape index (κ1) is 23.9. The van der Waals surface area contributed by atoms with Crippen LogP contribution in [0.5, 0.6) is 0 Å². The number of amides is 1. The van der Waals surface area contributed by atoms with Crippen molar-refractivity contribution in [3.63, 3.8) is 0 Å². The van der Waals surface area contributed by atoms with E-state index in [1.807, 2.05) is 0 Å². The summed E-state index contributed by atoms with van der Waals surface area (Å²) in [5.41, 5.74) is 1.10. The molecule has 32 heavy (non-hydrogen) atoms. The molecule has 1 aromatic heterocycles. The molecular weight excluding hydrogens is 470 g/mol. The van der Waals surface area contributed by atoms with Crippen LogP contribution in [0.4, 0.5) is 13.2 Å². The quantitative estimate of drug-likeness (QED) is 0.470. The van der Waals surface area contributed by atoms with Gasteiger partial charge in [0.1, 0.15) is 6.54 Å². The van der Waals surface area contributed by atoms with Crippen LogP contribution in [-0.2, 0) is 28.9 Å². The van der Waals surface area contributed by atoms with Gasteiger partial charge in [-0.15, -0.1) is 0 Å². The highest BCUT2D eigenvalue weighted by Gasteiger charge is 2.37. The number of carboxylic acids is 1. The fourth-order valence-electron chi connectivity index (χ4n) is 3.32. The summed E-state index contributed by atoms with van der Waals surface area (Å²) < 4.78 is 41.2. The molecule has 6 nitrogen and oxygen atoms in total. The molecule has 1 N–H and O–H groups in total. The van der Waals surface area contributed by atoms with Crippen LogP contribution >= 0.6 is 23.2 Å². The lowest BCUT2D eigenvalue weighted by Crippen LogP contribution is -2.35. The largest absolute Gasteiger partial charge is 0.480 e. The van der Waals surface area contributed by atoms with E-state index in [4.69, 9.17) is 28.3 Å². The van der Waals surface area contributed by atoms with Crippen LogP contribution in [0.15, 0.2) is 42.5 Å². The van der Waals surface area contributed by atoms with Gasteiger partial charge in [-0.3, -0.25) is 9.59 Å². The minimum atomic E-state index is -4.65. The monoisotopic (exact) mass is 487 g/mol. The number of rotatable bonds is 8. The zero-order chi connectivity index (χ0) is 23.5. The van der Waals surface area contributed by atoms with E-state index < -0.39 is 30.4 Å². The summed E-state index contributed by atoms with van der Waals surface area (Å²) in [6, 6.07) is 10.9. The van der Waals surface area contributed by atoms with Gasteiger partial charge in [0.15, 0.2) is 0 Å². The molecule has 0 atom stereocenters. The van der Waals surface area contributed by atoms with Crippen molar-refractivity contribution < 1.29 is 27.9 Å². The maximum absolute atomic E-state index is 13.4. The van der Waals surface area contributed by atoms with Crippen LogP contribution in [0.1, 0.15) is 24.2 Å². The fourth-order valence-corrected chi connectivity index (χ4v) is 3.64. The van der Waals surface area contributed by atoms with Gasteiger partial charge in [0.25, 0.3) is 0 Å². The number of aliphatic carboxylic acids is 1. The predicted octanol–water partition coefficient (Wildman–Crippen LogP) is 5.26. The molecule has 0 fully saturated rings. The summed E-state index contributed by atoms with van der Waals surface area (Å²) in [6.07, 6.45) is -4.72. The molecule has 0 spiro atoms. The van der Waals surface area contributed by atoms with Crippen molar-refractivity contribution in [2.24, 2.45) is 0 Å². The van der Waals surface area contributed by atoms with E-state index in [1.165, 1.54) is 24.3 Å². The van der Waals surface area contributed by atoms with E-state index >= 15 is 0 Å². The molecule has 0 radical (unpaired) electrons. The second-order valence-electron chi connectivity index (χ2n) is 7.07. The van der Waals surface area contributed by atoms with Crippen LogP contribution in [-0.4, -0.2) is 38.0 Å². The van der Waals surface area contributed by atoms with Crippen molar-refractivity contribution >= 4 is 46.1 Å². The lowest BCUT2D eigenvalue weighted by molar-refractivity contribution is -0.147. The molecule has 0 saturated carbocycles. The van der Waals surface area contributed by atoms with Gasteiger partial charge in [0.2, 0.25) is 11.7 Å². The van der Waals surface area contributed by atoms with Gasteiger partial charge in [0, 0.05) is 19.5 Å². The molecule has 0 bridgehead atoms. The highest BCUT2D eigenvalue weighted by Crippen LogP contribution is 2.31. The van der Waals surface area contributed by atoms with Gasteiger partial charge < -0.3 is 14.6 Å². The fraction of sp³-hybridized carbons (Fsp3) is 0.286. The summed E-state index contributed by atoms with van der Waals surface area (Å²) in [5.74, 6) is -2.75. The van der Waals surface area contributed by atoms with Crippen LogP contribution in [0, 0.1) is 0 Å². The maximum Gasteiger partial charge on any atom is 0.449 e. The predicted molar refractivity (Wildman–Crippen MR) is 113 cm³/mol. The molecule has 3 rings (SSSR count). The standard InChI is InChI=1S/C21H18Cl2F3N3O3/c22-14-8-7-13(10-15(14)23)11-28(12-19(31)32)18(30)6-3-9-29-17-5-2-1-4-16(17)27-20(29)21(24,25)26/h1-2,4-5,7-8,10H,3,6,9,11-12H2,(H,31,32). The smallest absolute Gasteiger partial charge is 0.449 e. The van der Waals surface area contributed by atoms with Crippen molar-refractivity contribution in [1.29, 1.82) is 0 Å². The average Bonchev–Trinajstić information content (AvgIpc) is 3.09. The van der Waals surface area contributed by atoms with Crippen LogP contribution in [0.3, 0.4) is 0 Å². The second-order valence-corrected chi connectivity index (χ2v) is 7.88. The molecule has 0 saturated heterocycles. The number of nitrogens with zero attached hydrogens (tertiary/aromatic N) is 3. The Balaban J connectivity index is 1.73. The van der Waals surface area contributed by atoms with Crippen molar-refractivity contribution in [3.8, 4) is 0 Å². The van der Waals surface area contributed by atoms with E-state index in [2.05, 4.69) is 4.98 Å². The number of hydrogen-bond donors (Lipinski definition) is 1. The topological polar surface area (TPSA) is 75.4 Å². The number of hydrogen-bond acceptors (Lipinski definition) is 3. The number of aryl methyl sites for hydroxylation is 1. The Labute approximate surface area is 191 Å². The van der Waals surface area contributed by atoms with Crippen molar-refractivity contribution in [2.45, 2.75) is 32.1 Å². The summed E-state index contributed by atoms with van der Waals surface area (Å²) in [7, 11) is 0. The van der Waals surface area contributed by atoms with E-state index in [0.29, 0.717) is 16.1 Å². The van der Waals surface area contributed by atoms with Gasteiger partial charge in [0.05, 0.1) is 21.1 Å². The molecule has 170 valence electrons. The Morgan fingerprint density at radius 2 is 1.81 bits per heavy atom. The highest BCUT2D eigenvalue weighted by atomic mass is 35.5. The number of halogens is 5. The second kappa shape index (κ2) is 9.79. The average molecular weight is 488 g/mol. The highest BCUT2D eigenvalue weighted by molar-refractivity contribution is 6.42. The molecule has 3 aromatic rings. The van der Waals surface area contributed by atoms with Crippen LogP contribution in [0.25, 0.3) is 11.0 Å². The summed E-state index contributed by atoms with van der Waals surface area (Å²) in [6.45, 7) is -0.681. The number of alkyl halides is 3. The number of aromatic nitrogens is 2. The first-order valence-corrected chi connectivity index (χ1v) is 10.3. The molecular formula is C21H18Cl2F3N3O3. The van der Waals surface area contributed by atoms with Crippen LogP contribution in [0.2, 0.25) is 10.0 Å². The number of fused-ring (bicyclic) bond motifs is 1. The first-order chi connectivity index (χ1) is 15.1. The van der Waals surface area contributed by atoms with Gasteiger partial charge >= 0.3 is 12.1 Å².